The molecular weight excluding hydrogens is 275 g/mol. The summed E-state index contributed by atoms with van der Waals surface area (Å²) < 4.78 is 17.9. The van der Waals surface area contributed by atoms with Crippen molar-refractivity contribution in [3.63, 3.8) is 0 Å². The van der Waals surface area contributed by atoms with Crippen molar-refractivity contribution in [2.45, 2.75) is 58.3 Å². The minimum Gasteiger partial charge on any atom is -0.399 e. The zero-order valence-corrected chi connectivity index (χ0v) is 14.2. The highest BCUT2D eigenvalue weighted by Gasteiger charge is 2.51. The van der Waals surface area contributed by atoms with Gasteiger partial charge in [-0.25, -0.2) is 0 Å². The molecule has 0 aliphatic carbocycles. The predicted octanol–water partition coefficient (Wildman–Crippen LogP) is 3.18. The quantitative estimate of drug-likeness (QED) is 0.785. The predicted molar refractivity (Wildman–Crippen MR) is 90.2 cm³/mol. The van der Waals surface area contributed by atoms with Gasteiger partial charge in [0.05, 0.1) is 23.9 Å². The number of hydrogen-bond acceptors (Lipinski definition) is 3. The third-order valence-electron chi connectivity index (χ3n) is 4.97. The van der Waals surface area contributed by atoms with Crippen molar-refractivity contribution in [1.82, 2.24) is 0 Å². The molecule has 3 nitrogen and oxygen atoms in total. The first-order valence-corrected chi connectivity index (χ1v) is 8.07. The van der Waals surface area contributed by atoms with Crippen LogP contribution in [0.3, 0.4) is 0 Å². The monoisotopic (exact) mass is 300 g/mol. The van der Waals surface area contributed by atoms with E-state index in [1.807, 2.05) is 0 Å². The summed E-state index contributed by atoms with van der Waals surface area (Å²) in [5.41, 5.74) is 3.05. The van der Waals surface area contributed by atoms with Gasteiger partial charge in [-0.3, -0.25) is 0 Å². The highest BCUT2D eigenvalue weighted by Crippen LogP contribution is 2.36. The molecule has 0 spiro atoms. The van der Waals surface area contributed by atoms with Crippen molar-refractivity contribution in [1.29, 1.82) is 0 Å². The fraction of sp³-hybridized carbons (Fsp3) is 0.556. The second kappa shape index (κ2) is 5.52. The summed E-state index contributed by atoms with van der Waals surface area (Å²) >= 11 is 0. The summed E-state index contributed by atoms with van der Waals surface area (Å²) in [6, 6.07) is 8.50. The maximum atomic E-state index is 6.15. The molecule has 1 aromatic carbocycles. The van der Waals surface area contributed by atoms with Crippen molar-refractivity contribution in [3.05, 3.63) is 35.9 Å². The SMILES string of the molecule is CC1C=C(c2cccc(B3OC(C)(C)C(C)(C)O3)c2)CCO1. The van der Waals surface area contributed by atoms with Gasteiger partial charge in [0.25, 0.3) is 0 Å². The Morgan fingerprint density at radius 2 is 1.77 bits per heavy atom. The Bertz CT molecular complexity index is 576. The van der Waals surface area contributed by atoms with Gasteiger partial charge in [0, 0.05) is 0 Å². The van der Waals surface area contributed by atoms with Gasteiger partial charge in [0.2, 0.25) is 0 Å². The van der Waals surface area contributed by atoms with Gasteiger partial charge in [-0.2, -0.15) is 0 Å². The summed E-state index contributed by atoms with van der Waals surface area (Å²) in [6.07, 6.45) is 3.34. The molecule has 1 fully saturated rings. The smallest absolute Gasteiger partial charge is 0.399 e. The fourth-order valence-corrected chi connectivity index (χ4v) is 2.87. The number of rotatable bonds is 2. The molecular formula is C18H25BO3. The van der Waals surface area contributed by atoms with Gasteiger partial charge in [-0.05, 0) is 57.6 Å². The Labute approximate surface area is 133 Å². The van der Waals surface area contributed by atoms with E-state index >= 15 is 0 Å². The van der Waals surface area contributed by atoms with Gasteiger partial charge in [-0.1, -0.05) is 30.3 Å². The normalized spacial score (nSPS) is 26.9. The zero-order valence-electron chi connectivity index (χ0n) is 14.2. The molecule has 1 saturated heterocycles. The summed E-state index contributed by atoms with van der Waals surface area (Å²) in [4.78, 5) is 0. The molecule has 0 bridgehead atoms. The maximum Gasteiger partial charge on any atom is 0.494 e. The highest BCUT2D eigenvalue weighted by atomic mass is 16.7. The topological polar surface area (TPSA) is 27.7 Å². The third-order valence-corrected chi connectivity index (χ3v) is 4.97. The van der Waals surface area contributed by atoms with Crippen LogP contribution in [0.25, 0.3) is 5.57 Å². The van der Waals surface area contributed by atoms with Gasteiger partial charge in [0.1, 0.15) is 0 Å². The molecule has 4 heteroatoms. The van der Waals surface area contributed by atoms with Crippen molar-refractivity contribution >= 4 is 18.2 Å². The number of ether oxygens (including phenoxy) is 1. The molecule has 2 aliphatic heterocycles. The van der Waals surface area contributed by atoms with E-state index in [1.54, 1.807) is 0 Å². The molecule has 2 aliphatic rings. The molecule has 0 aromatic heterocycles. The molecule has 1 aromatic rings. The molecule has 22 heavy (non-hydrogen) atoms. The van der Waals surface area contributed by atoms with Gasteiger partial charge >= 0.3 is 7.12 Å². The number of hydrogen-bond donors (Lipinski definition) is 0. The van der Waals surface area contributed by atoms with E-state index in [0.29, 0.717) is 0 Å². The van der Waals surface area contributed by atoms with E-state index in [0.717, 1.165) is 18.5 Å². The molecule has 1 atom stereocenters. The van der Waals surface area contributed by atoms with Crippen LogP contribution in [-0.4, -0.2) is 31.0 Å². The molecule has 1 unspecified atom stereocenters. The second-order valence-electron chi connectivity index (χ2n) is 7.23. The Balaban J connectivity index is 1.87. The Kier molecular flexibility index (Phi) is 3.96. The minimum atomic E-state index is -0.305. The summed E-state index contributed by atoms with van der Waals surface area (Å²) in [5.74, 6) is 0. The van der Waals surface area contributed by atoms with Gasteiger partial charge in [0.15, 0.2) is 0 Å². The lowest BCUT2D eigenvalue weighted by Crippen LogP contribution is -2.41. The van der Waals surface area contributed by atoms with Crippen LogP contribution in [0.1, 0.15) is 46.6 Å². The molecule has 2 heterocycles. The first kappa shape index (κ1) is 15.8. The first-order valence-electron chi connectivity index (χ1n) is 8.07. The second-order valence-corrected chi connectivity index (χ2v) is 7.23. The van der Waals surface area contributed by atoms with Crippen LogP contribution < -0.4 is 5.46 Å². The molecule has 0 amide bonds. The van der Waals surface area contributed by atoms with Gasteiger partial charge < -0.3 is 14.0 Å². The van der Waals surface area contributed by atoms with E-state index in [9.17, 15) is 0 Å². The Morgan fingerprint density at radius 1 is 1.09 bits per heavy atom. The van der Waals surface area contributed by atoms with E-state index in [-0.39, 0.29) is 24.4 Å². The summed E-state index contributed by atoms with van der Waals surface area (Å²) in [6.45, 7) is 11.2. The van der Waals surface area contributed by atoms with Gasteiger partial charge in [-0.15, -0.1) is 0 Å². The first-order chi connectivity index (χ1) is 10.3. The zero-order chi connectivity index (χ0) is 16.0. The average Bonchev–Trinajstić information content (AvgIpc) is 2.68. The highest BCUT2D eigenvalue weighted by molar-refractivity contribution is 6.62. The number of benzene rings is 1. The standard InChI is InChI=1S/C18H25BO3/c1-13-11-15(9-10-20-13)14-7-6-8-16(12-14)19-21-17(2,3)18(4,5)22-19/h6-8,11-13H,9-10H2,1-5H3. The van der Waals surface area contributed by atoms with Crippen LogP contribution in [0, 0.1) is 0 Å². The van der Waals surface area contributed by atoms with Crippen LogP contribution in [0.15, 0.2) is 30.3 Å². The van der Waals surface area contributed by atoms with Crippen molar-refractivity contribution < 1.29 is 14.0 Å². The summed E-state index contributed by atoms with van der Waals surface area (Å²) in [7, 11) is -0.303. The largest absolute Gasteiger partial charge is 0.494 e. The van der Waals surface area contributed by atoms with Crippen molar-refractivity contribution in [2.24, 2.45) is 0 Å². The molecule has 0 saturated carbocycles. The van der Waals surface area contributed by atoms with Crippen LogP contribution >= 0.6 is 0 Å². The molecule has 3 rings (SSSR count). The lowest BCUT2D eigenvalue weighted by Gasteiger charge is -2.32. The lowest BCUT2D eigenvalue weighted by molar-refractivity contribution is 0.00578. The van der Waals surface area contributed by atoms with Crippen LogP contribution in [0.2, 0.25) is 0 Å². The maximum absolute atomic E-state index is 6.15. The van der Waals surface area contributed by atoms with E-state index < -0.39 is 0 Å². The average molecular weight is 300 g/mol. The Hall–Kier alpha value is -1.10. The Morgan fingerprint density at radius 3 is 2.41 bits per heavy atom. The third kappa shape index (κ3) is 2.88. The lowest BCUT2D eigenvalue weighted by atomic mass is 9.77. The minimum absolute atomic E-state index is 0.184. The van der Waals surface area contributed by atoms with Crippen molar-refractivity contribution in [2.75, 3.05) is 6.61 Å². The molecule has 118 valence electrons. The summed E-state index contributed by atoms with van der Waals surface area (Å²) in [5, 5.41) is 0. The van der Waals surface area contributed by atoms with Crippen LogP contribution in [0.4, 0.5) is 0 Å². The van der Waals surface area contributed by atoms with E-state index in [2.05, 4.69) is 65.0 Å². The van der Waals surface area contributed by atoms with E-state index in [1.165, 1.54) is 11.1 Å². The molecule has 0 N–H and O–H groups in total. The van der Waals surface area contributed by atoms with Crippen LogP contribution in [0.5, 0.6) is 0 Å². The molecule has 0 radical (unpaired) electrons. The van der Waals surface area contributed by atoms with Crippen molar-refractivity contribution in [3.8, 4) is 0 Å². The van der Waals surface area contributed by atoms with Crippen LogP contribution in [-0.2, 0) is 14.0 Å². The fourth-order valence-electron chi connectivity index (χ4n) is 2.87. The van der Waals surface area contributed by atoms with E-state index in [4.69, 9.17) is 14.0 Å².